The number of carbonyl (C=O) groups excluding carboxylic acids is 1. The minimum atomic E-state index is -0.793. The van der Waals surface area contributed by atoms with Crippen molar-refractivity contribution in [3.05, 3.63) is 41.6 Å². The van der Waals surface area contributed by atoms with Gasteiger partial charge < -0.3 is 10.4 Å². The molecule has 0 saturated heterocycles. The molecule has 3 N–H and O–H groups in total. The Morgan fingerprint density at radius 2 is 2.10 bits per heavy atom. The Morgan fingerprint density at radius 3 is 2.70 bits per heavy atom. The average molecular weight is 281 g/mol. The number of hydrogen-bond acceptors (Lipinski definition) is 3. The lowest BCUT2D eigenvalue weighted by molar-refractivity contribution is 0.0924. The topological polar surface area (TPSA) is 78.0 Å². The highest BCUT2D eigenvalue weighted by molar-refractivity contribution is 5.99. The van der Waals surface area contributed by atoms with E-state index in [1.54, 1.807) is 0 Å². The average Bonchev–Trinajstić information content (AvgIpc) is 2.85. The Balaban J connectivity index is 2.36. The van der Waals surface area contributed by atoms with Crippen LogP contribution in [-0.2, 0) is 0 Å². The van der Waals surface area contributed by atoms with Crippen LogP contribution in [0, 0.1) is 11.6 Å². The van der Waals surface area contributed by atoms with Gasteiger partial charge in [0, 0.05) is 6.54 Å². The Labute approximate surface area is 113 Å². The third-order valence-electron chi connectivity index (χ3n) is 2.65. The van der Waals surface area contributed by atoms with Crippen LogP contribution in [0.5, 0.6) is 0 Å². The van der Waals surface area contributed by atoms with Gasteiger partial charge in [-0.15, -0.1) is 0 Å². The molecule has 2 rings (SSSR count). The zero-order valence-electron chi connectivity index (χ0n) is 10.7. The molecule has 0 fully saturated rings. The van der Waals surface area contributed by atoms with Gasteiger partial charge in [0.25, 0.3) is 5.91 Å². The SMILES string of the molecule is CC(O)CNC(=O)c1cn[nH]c1-c1c(F)cccc1F. The predicted molar refractivity (Wildman–Crippen MR) is 68.0 cm³/mol. The van der Waals surface area contributed by atoms with E-state index in [4.69, 9.17) is 5.11 Å². The van der Waals surface area contributed by atoms with Crippen molar-refractivity contribution < 1.29 is 18.7 Å². The summed E-state index contributed by atoms with van der Waals surface area (Å²) < 4.78 is 27.4. The van der Waals surface area contributed by atoms with E-state index in [0.29, 0.717) is 0 Å². The van der Waals surface area contributed by atoms with E-state index in [9.17, 15) is 13.6 Å². The van der Waals surface area contributed by atoms with Crippen LogP contribution >= 0.6 is 0 Å². The maximum atomic E-state index is 13.7. The van der Waals surface area contributed by atoms with Gasteiger partial charge in [-0.2, -0.15) is 5.10 Å². The number of aromatic nitrogens is 2. The summed E-state index contributed by atoms with van der Waals surface area (Å²) in [5, 5.41) is 17.6. The minimum Gasteiger partial charge on any atom is -0.392 e. The summed E-state index contributed by atoms with van der Waals surface area (Å²) in [5.74, 6) is -2.16. The highest BCUT2D eigenvalue weighted by atomic mass is 19.1. The summed E-state index contributed by atoms with van der Waals surface area (Å²) in [4.78, 5) is 11.9. The summed E-state index contributed by atoms with van der Waals surface area (Å²) in [7, 11) is 0. The van der Waals surface area contributed by atoms with Crippen LogP contribution in [0.4, 0.5) is 8.78 Å². The van der Waals surface area contributed by atoms with Crippen LogP contribution in [-0.4, -0.2) is 33.9 Å². The van der Waals surface area contributed by atoms with Crippen LogP contribution in [0.3, 0.4) is 0 Å². The van der Waals surface area contributed by atoms with E-state index in [-0.39, 0.29) is 23.4 Å². The number of hydrogen-bond donors (Lipinski definition) is 3. The lowest BCUT2D eigenvalue weighted by Crippen LogP contribution is -2.30. The predicted octanol–water partition coefficient (Wildman–Crippen LogP) is 1.47. The summed E-state index contributed by atoms with van der Waals surface area (Å²) in [6, 6.07) is 3.42. The van der Waals surface area contributed by atoms with Crippen molar-refractivity contribution in [3.63, 3.8) is 0 Å². The van der Waals surface area contributed by atoms with Crippen LogP contribution < -0.4 is 5.32 Å². The van der Waals surface area contributed by atoms with Gasteiger partial charge in [-0.3, -0.25) is 9.89 Å². The second-order valence-corrected chi connectivity index (χ2v) is 4.31. The number of amides is 1. The van der Waals surface area contributed by atoms with Crippen molar-refractivity contribution in [3.8, 4) is 11.3 Å². The third-order valence-corrected chi connectivity index (χ3v) is 2.65. The van der Waals surface area contributed by atoms with Crippen LogP contribution in [0.25, 0.3) is 11.3 Å². The summed E-state index contributed by atoms with van der Waals surface area (Å²) in [6.07, 6.45) is 0.456. The van der Waals surface area contributed by atoms with Crippen molar-refractivity contribution in [2.75, 3.05) is 6.54 Å². The molecule has 0 radical (unpaired) electrons. The second kappa shape index (κ2) is 5.79. The fraction of sp³-hybridized carbons (Fsp3) is 0.231. The molecule has 1 atom stereocenters. The number of aromatic amines is 1. The third kappa shape index (κ3) is 2.83. The monoisotopic (exact) mass is 281 g/mol. The molecular formula is C13H13F2N3O2. The van der Waals surface area contributed by atoms with Gasteiger partial charge in [-0.25, -0.2) is 8.78 Å². The number of carbonyl (C=O) groups is 1. The Hall–Kier alpha value is -2.28. The lowest BCUT2D eigenvalue weighted by Gasteiger charge is -2.08. The van der Waals surface area contributed by atoms with E-state index in [2.05, 4.69) is 15.5 Å². The first-order chi connectivity index (χ1) is 9.50. The van der Waals surface area contributed by atoms with E-state index < -0.39 is 23.6 Å². The molecule has 0 saturated carbocycles. The van der Waals surface area contributed by atoms with Gasteiger partial charge >= 0.3 is 0 Å². The first-order valence-corrected chi connectivity index (χ1v) is 5.94. The number of aliphatic hydroxyl groups is 1. The van der Waals surface area contributed by atoms with Crippen LogP contribution in [0.1, 0.15) is 17.3 Å². The highest BCUT2D eigenvalue weighted by Crippen LogP contribution is 2.26. The van der Waals surface area contributed by atoms with Crippen molar-refractivity contribution in [1.29, 1.82) is 0 Å². The van der Waals surface area contributed by atoms with Gasteiger partial charge in [0.15, 0.2) is 0 Å². The molecule has 1 heterocycles. The van der Waals surface area contributed by atoms with Crippen LogP contribution in [0.2, 0.25) is 0 Å². The van der Waals surface area contributed by atoms with E-state index in [0.717, 1.165) is 12.1 Å². The summed E-state index contributed by atoms with van der Waals surface area (Å²) >= 11 is 0. The Kier molecular flexibility index (Phi) is 4.09. The number of aliphatic hydroxyl groups excluding tert-OH is 1. The largest absolute Gasteiger partial charge is 0.392 e. The zero-order valence-corrected chi connectivity index (χ0v) is 10.7. The Bertz CT molecular complexity index is 606. The number of rotatable bonds is 4. The molecule has 0 aliphatic rings. The molecule has 0 aliphatic heterocycles. The first kappa shape index (κ1) is 14.1. The fourth-order valence-corrected chi connectivity index (χ4v) is 1.72. The smallest absolute Gasteiger partial charge is 0.255 e. The number of benzene rings is 1. The molecule has 1 aromatic carbocycles. The van der Waals surface area contributed by atoms with Gasteiger partial charge in [-0.1, -0.05) is 6.07 Å². The maximum absolute atomic E-state index is 13.7. The maximum Gasteiger partial charge on any atom is 0.255 e. The van der Waals surface area contributed by atoms with Gasteiger partial charge in [0.05, 0.1) is 29.1 Å². The van der Waals surface area contributed by atoms with Crippen molar-refractivity contribution >= 4 is 5.91 Å². The summed E-state index contributed by atoms with van der Waals surface area (Å²) in [6.45, 7) is 1.54. The van der Waals surface area contributed by atoms with E-state index in [1.807, 2.05) is 0 Å². The molecular weight excluding hydrogens is 268 g/mol. The molecule has 0 bridgehead atoms. The van der Waals surface area contributed by atoms with Crippen LogP contribution in [0.15, 0.2) is 24.4 Å². The summed E-state index contributed by atoms with van der Waals surface area (Å²) in [5.41, 5.74) is -0.370. The molecule has 106 valence electrons. The first-order valence-electron chi connectivity index (χ1n) is 5.94. The number of halogens is 2. The van der Waals surface area contributed by atoms with E-state index in [1.165, 1.54) is 19.2 Å². The molecule has 2 aromatic rings. The number of nitrogens with one attached hydrogen (secondary N) is 2. The number of H-pyrrole nitrogens is 1. The minimum absolute atomic E-state index is 0.00894. The molecule has 0 aliphatic carbocycles. The van der Waals surface area contributed by atoms with Gasteiger partial charge in [0.2, 0.25) is 0 Å². The molecule has 1 aromatic heterocycles. The van der Waals surface area contributed by atoms with Crippen molar-refractivity contribution in [2.45, 2.75) is 13.0 Å². The quantitative estimate of drug-likeness (QED) is 0.794. The fourth-order valence-electron chi connectivity index (χ4n) is 1.72. The van der Waals surface area contributed by atoms with Crippen molar-refractivity contribution in [1.82, 2.24) is 15.5 Å². The molecule has 0 spiro atoms. The second-order valence-electron chi connectivity index (χ2n) is 4.31. The molecule has 5 nitrogen and oxygen atoms in total. The molecule has 20 heavy (non-hydrogen) atoms. The molecule has 1 unspecified atom stereocenters. The standard InChI is InChI=1S/C13H13F2N3O2/c1-7(19)5-16-13(20)8-6-17-18-12(8)11-9(14)3-2-4-10(11)15/h2-4,6-7,19H,5H2,1H3,(H,16,20)(H,17,18). The lowest BCUT2D eigenvalue weighted by atomic mass is 10.1. The van der Waals surface area contributed by atoms with Gasteiger partial charge in [0.1, 0.15) is 11.6 Å². The molecule has 1 amide bonds. The highest BCUT2D eigenvalue weighted by Gasteiger charge is 2.20. The number of nitrogens with zero attached hydrogens (tertiary/aromatic N) is 1. The Morgan fingerprint density at radius 1 is 1.45 bits per heavy atom. The normalized spacial score (nSPS) is 12.2. The van der Waals surface area contributed by atoms with E-state index >= 15 is 0 Å². The zero-order chi connectivity index (χ0) is 14.7. The van der Waals surface area contributed by atoms with Gasteiger partial charge in [-0.05, 0) is 19.1 Å². The van der Waals surface area contributed by atoms with Crippen molar-refractivity contribution in [2.24, 2.45) is 0 Å². The molecule has 7 heteroatoms.